The van der Waals surface area contributed by atoms with Crippen molar-refractivity contribution in [2.75, 3.05) is 43.9 Å². The van der Waals surface area contributed by atoms with Crippen molar-refractivity contribution in [3.05, 3.63) is 54.2 Å². The van der Waals surface area contributed by atoms with E-state index < -0.39 is 10.0 Å². The number of ether oxygens (including phenoxy) is 1. The summed E-state index contributed by atoms with van der Waals surface area (Å²) in [7, 11) is -3.18. The van der Waals surface area contributed by atoms with Crippen molar-refractivity contribution in [3.8, 4) is 16.9 Å². The van der Waals surface area contributed by atoms with Crippen LogP contribution < -0.4 is 9.64 Å². The van der Waals surface area contributed by atoms with Gasteiger partial charge >= 0.3 is 0 Å². The van der Waals surface area contributed by atoms with Gasteiger partial charge < -0.3 is 18.7 Å². The molecule has 10 nitrogen and oxygen atoms in total. The molecule has 0 atom stereocenters. The summed E-state index contributed by atoms with van der Waals surface area (Å²) < 4.78 is 39.2. The van der Waals surface area contributed by atoms with Crippen molar-refractivity contribution in [2.24, 2.45) is 0 Å². The molecule has 0 radical (unpaired) electrons. The number of anilines is 1. The lowest BCUT2D eigenvalue weighted by molar-refractivity contribution is 0.288. The third-order valence-electron chi connectivity index (χ3n) is 6.48. The summed E-state index contributed by atoms with van der Waals surface area (Å²) in [5, 5.41) is 4.09. The zero-order valence-electron chi connectivity index (χ0n) is 20.7. The molecular weight excluding hydrogens is 480 g/mol. The first-order valence-corrected chi connectivity index (χ1v) is 13.8. The maximum Gasteiger partial charge on any atom is 0.211 e. The zero-order valence-corrected chi connectivity index (χ0v) is 21.5. The van der Waals surface area contributed by atoms with Crippen LogP contribution in [0.15, 0.2) is 47.2 Å². The number of aryl methyl sites for hydroxylation is 2. The van der Waals surface area contributed by atoms with E-state index in [1.165, 1.54) is 6.26 Å². The molecule has 4 aromatic rings. The van der Waals surface area contributed by atoms with Gasteiger partial charge in [-0.25, -0.2) is 17.7 Å². The van der Waals surface area contributed by atoms with Gasteiger partial charge in [0, 0.05) is 44.1 Å². The Morgan fingerprint density at radius 1 is 0.972 bits per heavy atom. The highest BCUT2D eigenvalue weighted by atomic mass is 32.2. The monoisotopic (exact) mass is 510 g/mol. The Balaban J connectivity index is 0.000000391. The predicted octanol–water partition coefficient (Wildman–Crippen LogP) is 3.25. The number of sulfonamides is 1. The van der Waals surface area contributed by atoms with Gasteiger partial charge in [-0.3, -0.25) is 4.98 Å². The van der Waals surface area contributed by atoms with Crippen molar-refractivity contribution in [3.63, 3.8) is 0 Å². The Bertz CT molecular complexity index is 1420. The number of hydrogen-bond acceptors (Lipinski definition) is 8. The Morgan fingerprint density at radius 2 is 1.78 bits per heavy atom. The van der Waals surface area contributed by atoms with E-state index >= 15 is 0 Å². The molecule has 2 aliphatic heterocycles. The highest BCUT2D eigenvalue weighted by Gasteiger charge is 2.29. The maximum atomic E-state index is 12.0. The smallest absolute Gasteiger partial charge is 0.211 e. The van der Waals surface area contributed by atoms with E-state index in [2.05, 4.69) is 19.6 Å². The van der Waals surface area contributed by atoms with Crippen molar-refractivity contribution in [1.29, 1.82) is 0 Å². The molecule has 3 aromatic heterocycles. The molecule has 1 aromatic carbocycles. The van der Waals surface area contributed by atoms with Crippen LogP contribution in [-0.2, 0) is 16.6 Å². The molecule has 36 heavy (non-hydrogen) atoms. The Kier molecular flexibility index (Phi) is 6.67. The third-order valence-corrected chi connectivity index (χ3v) is 7.78. The minimum Gasteiger partial charge on any atom is -0.489 e. The summed E-state index contributed by atoms with van der Waals surface area (Å²) in [5.41, 5.74) is 4.60. The number of hydrogen-bond donors (Lipinski definition) is 0. The first-order chi connectivity index (χ1) is 17.3. The second kappa shape index (κ2) is 9.90. The van der Waals surface area contributed by atoms with E-state index in [1.807, 2.05) is 44.2 Å². The SMILES string of the molecule is Cc1noc(C)c1-c1ccc2nc(N3CCCN(S(C)(=O)=O)CC3)n3c2c1OCC3.c1ccncc1. The summed E-state index contributed by atoms with van der Waals surface area (Å²) >= 11 is 0. The molecule has 0 spiro atoms. The van der Waals surface area contributed by atoms with E-state index in [1.54, 1.807) is 16.7 Å². The van der Waals surface area contributed by atoms with Crippen LogP contribution in [0.5, 0.6) is 5.75 Å². The number of benzene rings is 1. The van der Waals surface area contributed by atoms with E-state index in [0.717, 1.165) is 58.3 Å². The predicted molar refractivity (Wildman–Crippen MR) is 138 cm³/mol. The van der Waals surface area contributed by atoms with Crippen molar-refractivity contribution in [1.82, 2.24) is 24.0 Å². The van der Waals surface area contributed by atoms with Gasteiger partial charge in [0.05, 0.1) is 29.6 Å². The molecular formula is C25H30N6O4S. The first kappa shape index (κ1) is 24.3. The van der Waals surface area contributed by atoms with Crippen LogP contribution in [0.1, 0.15) is 17.9 Å². The minimum absolute atomic E-state index is 0.468. The van der Waals surface area contributed by atoms with Crippen molar-refractivity contribution >= 4 is 27.0 Å². The van der Waals surface area contributed by atoms with Crippen LogP contribution in [0.3, 0.4) is 0 Å². The first-order valence-electron chi connectivity index (χ1n) is 12.0. The lowest BCUT2D eigenvalue weighted by Crippen LogP contribution is -2.35. The van der Waals surface area contributed by atoms with E-state index in [-0.39, 0.29) is 0 Å². The lowest BCUT2D eigenvalue weighted by atomic mass is 10.0. The number of aromatic nitrogens is 4. The van der Waals surface area contributed by atoms with Gasteiger partial charge in [0.15, 0.2) is 5.75 Å². The average Bonchev–Trinajstić information content (AvgIpc) is 3.29. The van der Waals surface area contributed by atoms with Gasteiger partial charge in [0.2, 0.25) is 16.0 Å². The minimum atomic E-state index is -3.18. The van der Waals surface area contributed by atoms with Crippen LogP contribution in [0.25, 0.3) is 22.2 Å². The summed E-state index contributed by atoms with van der Waals surface area (Å²) in [4.78, 5) is 10.9. The summed E-state index contributed by atoms with van der Waals surface area (Å²) in [6.45, 7) is 7.48. The van der Waals surface area contributed by atoms with Gasteiger partial charge in [0.1, 0.15) is 17.9 Å². The number of imidazole rings is 1. The van der Waals surface area contributed by atoms with Crippen LogP contribution >= 0.6 is 0 Å². The molecule has 2 aliphatic rings. The van der Waals surface area contributed by atoms with Gasteiger partial charge in [-0.15, -0.1) is 0 Å². The van der Waals surface area contributed by atoms with Gasteiger partial charge in [0.25, 0.3) is 0 Å². The molecule has 1 saturated heterocycles. The molecule has 0 saturated carbocycles. The summed E-state index contributed by atoms with van der Waals surface area (Å²) in [6.07, 6.45) is 5.54. The quantitative estimate of drug-likeness (QED) is 0.413. The molecule has 0 bridgehead atoms. The Morgan fingerprint density at radius 3 is 2.42 bits per heavy atom. The molecule has 6 rings (SSSR count). The average molecular weight is 511 g/mol. The topological polar surface area (TPSA) is 107 Å². The fraction of sp³-hybridized carbons (Fsp3) is 0.400. The molecule has 190 valence electrons. The maximum absolute atomic E-state index is 12.0. The van der Waals surface area contributed by atoms with Crippen molar-refractivity contribution < 1.29 is 17.7 Å². The normalized spacial score (nSPS) is 16.2. The largest absolute Gasteiger partial charge is 0.489 e. The highest BCUT2D eigenvalue weighted by Crippen LogP contribution is 2.42. The van der Waals surface area contributed by atoms with Crippen LogP contribution in [0.2, 0.25) is 0 Å². The third kappa shape index (κ3) is 4.68. The van der Waals surface area contributed by atoms with E-state index in [0.29, 0.717) is 32.8 Å². The zero-order chi connectivity index (χ0) is 25.3. The van der Waals surface area contributed by atoms with Gasteiger partial charge in [-0.2, -0.15) is 0 Å². The molecule has 0 aliphatic carbocycles. The Hall–Kier alpha value is -3.44. The van der Waals surface area contributed by atoms with Crippen LogP contribution in [0, 0.1) is 13.8 Å². The fourth-order valence-electron chi connectivity index (χ4n) is 4.82. The molecule has 0 N–H and O–H groups in total. The lowest BCUT2D eigenvalue weighted by Gasteiger charge is -2.25. The Labute approximate surface area is 210 Å². The van der Waals surface area contributed by atoms with E-state index in [4.69, 9.17) is 14.2 Å². The molecule has 0 amide bonds. The summed E-state index contributed by atoms with van der Waals surface area (Å²) in [6, 6.07) is 9.74. The summed E-state index contributed by atoms with van der Waals surface area (Å²) in [5.74, 6) is 2.44. The fourth-order valence-corrected chi connectivity index (χ4v) is 5.69. The molecule has 5 heterocycles. The van der Waals surface area contributed by atoms with Gasteiger partial charge in [-0.1, -0.05) is 11.2 Å². The van der Waals surface area contributed by atoms with Crippen molar-refractivity contribution in [2.45, 2.75) is 26.8 Å². The standard InChI is InChI=1S/C20H25N5O4S.C5H5N/c1-13-17(14(2)29-22-13)15-5-6-16-18-19(15)28-12-11-25(18)20(21-16)23-7-4-8-24(10-9-23)30(3,26)27;1-2-4-6-5-3-1/h5-6H,4,7-12H2,1-3H3;1-5H. The van der Waals surface area contributed by atoms with Crippen LogP contribution in [-0.4, -0.2) is 71.5 Å². The molecule has 0 unspecified atom stereocenters. The van der Waals surface area contributed by atoms with E-state index in [9.17, 15) is 8.42 Å². The van der Waals surface area contributed by atoms with Gasteiger partial charge in [-0.05, 0) is 44.5 Å². The highest BCUT2D eigenvalue weighted by molar-refractivity contribution is 7.88. The second-order valence-corrected chi connectivity index (χ2v) is 10.9. The number of nitrogens with zero attached hydrogens (tertiary/aromatic N) is 6. The number of pyridine rings is 1. The molecule has 11 heteroatoms. The number of rotatable bonds is 3. The second-order valence-electron chi connectivity index (χ2n) is 8.95. The molecule has 1 fully saturated rings. The van der Waals surface area contributed by atoms with Crippen LogP contribution in [0.4, 0.5) is 5.95 Å².